The first kappa shape index (κ1) is 15.0. The Kier molecular flexibility index (Phi) is 4.08. The summed E-state index contributed by atoms with van der Waals surface area (Å²) in [6.45, 7) is 2.54. The van der Waals surface area contributed by atoms with Crippen molar-refractivity contribution in [2.45, 2.75) is 38.4 Å². The number of pyridine rings is 1. The van der Waals surface area contributed by atoms with Crippen LogP contribution in [0.25, 0.3) is 5.65 Å². The molecule has 3 aromatic heterocycles. The minimum Gasteiger partial charge on any atom is -0.293 e. The van der Waals surface area contributed by atoms with Crippen molar-refractivity contribution in [3.05, 3.63) is 59.2 Å². The zero-order chi connectivity index (χ0) is 16.4. The molecule has 3 aromatic rings. The van der Waals surface area contributed by atoms with Crippen LogP contribution >= 0.6 is 0 Å². The molecule has 4 rings (SSSR count). The van der Waals surface area contributed by atoms with E-state index in [1.165, 1.54) is 12.8 Å². The summed E-state index contributed by atoms with van der Waals surface area (Å²) in [5, 5.41) is 4.22. The van der Waals surface area contributed by atoms with Gasteiger partial charge in [-0.2, -0.15) is 5.10 Å². The first-order valence-corrected chi connectivity index (χ1v) is 8.33. The van der Waals surface area contributed by atoms with Gasteiger partial charge in [-0.1, -0.05) is 12.5 Å². The molecule has 1 aliphatic rings. The lowest BCUT2D eigenvalue weighted by Crippen LogP contribution is -2.42. The van der Waals surface area contributed by atoms with Gasteiger partial charge in [-0.25, -0.2) is 9.97 Å². The fourth-order valence-electron chi connectivity index (χ4n) is 3.41. The van der Waals surface area contributed by atoms with Crippen LogP contribution in [0.3, 0.4) is 0 Å². The zero-order valence-corrected chi connectivity index (χ0v) is 13.5. The maximum Gasteiger partial charge on any atom is 0.258 e. The molecule has 1 fully saturated rings. The number of hydrogen-bond donors (Lipinski definition) is 0. The molecule has 1 atom stereocenters. The van der Waals surface area contributed by atoms with Crippen LogP contribution in [-0.4, -0.2) is 41.6 Å². The van der Waals surface area contributed by atoms with Crippen LogP contribution in [0.15, 0.2) is 47.9 Å². The maximum absolute atomic E-state index is 12.3. The molecule has 24 heavy (non-hydrogen) atoms. The monoisotopic (exact) mass is 324 g/mol. The number of likely N-dealkylation sites (tertiary alicyclic amines) is 1. The Morgan fingerprint density at radius 1 is 1.25 bits per heavy atom. The van der Waals surface area contributed by atoms with E-state index < -0.39 is 0 Å². The standard InChI is InChI=1S/C17H20N6O/c24-17-9-14(20-16-6-2-4-8-23(16)17)10-21-7-3-1-5-15(21)11-22-13-18-12-19-22/h2,4,6,8-9,12-13,15H,1,3,5,7,10-11H2/t15-/m1/s1. The van der Waals surface area contributed by atoms with Crippen LogP contribution in [-0.2, 0) is 13.1 Å². The van der Waals surface area contributed by atoms with Gasteiger partial charge in [-0.3, -0.25) is 18.8 Å². The van der Waals surface area contributed by atoms with Crippen LogP contribution in [0, 0.1) is 0 Å². The highest BCUT2D eigenvalue weighted by molar-refractivity contribution is 5.37. The molecule has 124 valence electrons. The molecular weight excluding hydrogens is 304 g/mol. The second-order valence-electron chi connectivity index (χ2n) is 6.25. The second-order valence-corrected chi connectivity index (χ2v) is 6.25. The lowest BCUT2D eigenvalue weighted by atomic mass is 10.0. The number of rotatable bonds is 4. The molecule has 0 radical (unpaired) electrons. The summed E-state index contributed by atoms with van der Waals surface area (Å²) in [5.41, 5.74) is 1.50. The third-order valence-corrected chi connectivity index (χ3v) is 4.60. The highest BCUT2D eigenvalue weighted by atomic mass is 16.1. The summed E-state index contributed by atoms with van der Waals surface area (Å²) in [6, 6.07) is 7.66. The fraction of sp³-hybridized carbons (Fsp3) is 0.412. The number of aromatic nitrogens is 5. The Balaban J connectivity index is 1.57. The average molecular weight is 324 g/mol. The van der Waals surface area contributed by atoms with Gasteiger partial charge in [-0.15, -0.1) is 0 Å². The van der Waals surface area contributed by atoms with Crippen LogP contribution in [0.2, 0.25) is 0 Å². The average Bonchev–Trinajstić information content (AvgIpc) is 3.10. The fourth-order valence-corrected chi connectivity index (χ4v) is 3.41. The van der Waals surface area contributed by atoms with Gasteiger partial charge >= 0.3 is 0 Å². The third kappa shape index (κ3) is 3.07. The number of hydrogen-bond acceptors (Lipinski definition) is 5. The second kappa shape index (κ2) is 6.52. The van der Waals surface area contributed by atoms with Crippen molar-refractivity contribution in [2.75, 3.05) is 6.54 Å². The van der Waals surface area contributed by atoms with Crippen LogP contribution in [0.1, 0.15) is 25.0 Å². The van der Waals surface area contributed by atoms with Crippen molar-refractivity contribution in [1.82, 2.24) is 29.0 Å². The normalized spacial score (nSPS) is 18.9. The van der Waals surface area contributed by atoms with Gasteiger partial charge in [0.2, 0.25) is 0 Å². The van der Waals surface area contributed by atoms with Gasteiger partial charge in [0.1, 0.15) is 18.3 Å². The topological polar surface area (TPSA) is 68.3 Å². The number of nitrogens with zero attached hydrogens (tertiary/aromatic N) is 6. The van der Waals surface area contributed by atoms with Gasteiger partial charge in [0.25, 0.3) is 5.56 Å². The lowest BCUT2D eigenvalue weighted by Gasteiger charge is -2.35. The zero-order valence-electron chi connectivity index (χ0n) is 13.5. The highest BCUT2D eigenvalue weighted by Crippen LogP contribution is 2.20. The summed E-state index contributed by atoms with van der Waals surface area (Å²) in [6.07, 6.45) is 8.62. The van der Waals surface area contributed by atoms with E-state index in [1.54, 1.807) is 29.3 Å². The molecule has 0 unspecified atom stereocenters. The molecule has 0 spiro atoms. The molecule has 0 saturated carbocycles. The van der Waals surface area contributed by atoms with Gasteiger partial charge in [0.05, 0.1) is 12.2 Å². The Morgan fingerprint density at radius 2 is 2.21 bits per heavy atom. The van der Waals surface area contributed by atoms with E-state index in [4.69, 9.17) is 0 Å². The van der Waals surface area contributed by atoms with E-state index >= 15 is 0 Å². The van der Waals surface area contributed by atoms with E-state index in [2.05, 4.69) is 20.0 Å². The molecule has 7 heteroatoms. The molecule has 0 aromatic carbocycles. The summed E-state index contributed by atoms with van der Waals surface area (Å²) >= 11 is 0. The van der Waals surface area contributed by atoms with Crippen molar-refractivity contribution in [3.8, 4) is 0 Å². The van der Waals surface area contributed by atoms with Gasteiger partial charge in [-0.05, 0) is 31.5 Å². The molecule has 1 saturated heterocycles. The first-order valence-electron chi connectivity index (χ1n) is 8.33. The summed E-state index contributed by atoms with van der Waals surface area (Å²) in [4.78, 5) is 23.3. The first-order chi connectivity index (χ1) is 11.8. The summed E-state index contributed by atoms with van der Waals surface area (Å²) in [7, 11) is 0. The van der Waals surface area contributed by atoms with E-state index in [0.29, 0.717) is 18.2 Å². The van der Waals surface area contributed by atoms with Gasteiger partial charge in [0, 0.05) is 24.8 Å². The van der Waals surface area contributed by atoms with Gasteiger partial charge < -0.3 is 0 Å². The quantitative estimate of drug-likeness (QED) is 0.724. The Labute approximate surface area is 139 Å². The largest absolute Gasteiger partial charge is 0.293 e. The predicted molar refractivity (Wildman–Crippen MR) is 89.5 cm³/mol. The molecule has 7 nitrogen and oxygen atoms in total. The van der Waals surface area contributed by atoms with Crippen LogP contribution < -0.4 is 5.56 Å². The smallest absolute Gasteiger partial charge is 0.258 e. The molecule has 0 bridgehead atoms. The SMILES string of the molecule is O=c1cc(CN2CCCC[C@@H]2Cn2cncn2)nc2ccccn12. The van der Waals surface area contributed by atoms with E-state index in [1.807, 2.05) is 22.9 Å². The third-order valence-electron chi connectivity index (χ3n) is 4.60. The molecule has 0 aliphatic carbocycles. The van der Waals surface area contributed by atoms with Gasteiger partial charge in [0.15, 0.2) is 0 Å². The Hall–Kier alpha value is -2.54. The maximum atomic E-state index is 12.3. The number of fused-ring (bicyclic) bond motifs is 1. The molecule has 4 heterocycles. The van der Waals surface area contributed by atoms with Crippen LogP contribution in [0.4, 0.5) is 0 Å². The Morgan fingerprint density at radius 3 is 3.08 bits per heavy atom. The summed E-state index contributed by atoms with van der Waals surface area (Å²) < 4.78 is 3.46. The van der Waals surface area contributed by atoms with Crippen molar-refractivity contribution >= 4 is 5.65 Å². The molecular formula is C17H20N6O. The van der Waals surface area contributed by atoms with E-state index in [9.17, 15) is 4.79 Å². The van der Waals surface area contributed by atoms with E-state index in [0.717, 1.165) is 25.2 Å². The van der Waals surface area contributed by atoms with Crippen molar-refractivity contribution in [3.63, 3.8) is 0 Å². The Bertz CT molecular complexity index is 872. The number of piperidine rings is 1. The molecule has 1 aliphatic heterocycles. The van der Waals surface area contributed by atoms with E-state index in [-0.39, 0.29) is 5.56 Å². The summed E-state index contributed by atoms with van der Waals surface area (Å²) in [5.74, 6) is 0. The minimum atomic E-state index is -0.0274. The van der Waals surface area contributed by atoms with Crippen molar-refractivity contribution < 1.29 is 0 Å². The molecule has 0 amide bonds. The van der Waals surface area contributed by atoms with Crippen molar-refractivity contribution in [1.29, 1.82) is 0 Å². The minimum absolute atomic E-state index is 0.0274. The lowest BCUT2D eigenvalue weighted by molar-refractivity contribution is 0.120. The highest BCUT2D eigenvalue weighted by Gasteiger charge is 2.23. The van der Waals surface area contributed by atoms with Crippen LogP contribution in [0.5, 0.6) is 0 Å². The predicted octanol–water partition coefficient (Wildman–Crippen LogP) is 1.34. The molecule has 0 N–H and O–H groups in total. The van der Waals surface area contributed by atoms with Crippen molar-refractivity contribution in [2.24, 2.45) is 0 Å².